The lowest BCUT2D eigenvalue weighted by Crippen LogP contribution is -2.58. The van der Waals surface area contributed by atoms with Crippen LogP contribution in [0.4, 0.5) is 0 Å². The number of fused-ring (bicyclic) bond motifs is 3. The molecule has 1 fully saturated rings. The third-order valence-electron chi connectivity index (χ3n) is 4.80. The van der Waals surface area contributed by atoms with Crippen molar-refractivity contribution in [2.24, 2.45) is 0 Å². The highest BCUT2D eigenvalue weighted by Gasteiger charge is 2.46. The van der Waals surface area contributed by atoms with E-state index < -0.39 is 0 Å². The van der Waals surface area contributed by atoms with Gasteiger partial charge in [0.1, 0.15) is 18.1 Å². The maximum absolute atomic E-state index is 9.79. The second-order valence-electron chi connectivity index (χ2n) is 6.06. The van der Waals surface area contributed by atoms with Gasteiger partial charge in [0, 0.05) is 11.0 Å². The smallest absolute Gasteiger partial charge is 0.123 e. The van der Waals surface area contributed by atoms with E-state index in [2.05, 4.69) is 18.7 Å². The molecule has 0 bridgehead atoms. The molecule has 2 aliphatic rings. The van der Waals surface area contributed by atoms with E-state index >= 15 is 0 Å². The summed E-state index contributed by atoms with van der Waals surface area (Å²) >= 11 is 0. The van der Waals surface area contributed by atoms with Gasteiger partial charge in [-0.2, -0.15) is 0 Å². The van der Waals surface area contributed by atoms with Gasteiger partial charge in [-0.3, -0.25) is 4.90 Å². The average molecular weight is 261 g/mol. The predicted octanol–water partition coefficient (Wildman–Crippen LogP) is 2.92. The van der Waals surface area contributed by atoms with E-state index in [-0.39, 0.29) is 5.41 Å². The number of aromatic hydroxyl groups is 1. The van der Waals surface area contributed by atoms with Crippen LogP contribution in [0.1, 0.15) is 38.7 Å². The minimum atomic E-state index is 0.111. The van der Waals surface area contributed by atoms with Gasteiger partial charge in [0.05, 0.1) is 6.04 Å². The van der Waals surface area contributed by atoms with Gasteiger partial charge in [-0.1, -0.05) is 13.8 Å². The van der Waals surface area contributed by atoms with Crippen LogP contribution in [0.2, 0.25) is 0 Å². The number of rotatable bonds is 2. The Kier molecular flexibility index (Phi) is 3.17. The molecule has 1 aromatic carbocycles. The van der Waals surface area contributed by atoms with E-state index in [4.69, 9.17) is 4.74 Å². The third-order valence-corrected chi connectivity index (χ3v) is 4.80. The van der Waals surface area contributed by atoms with E-state index in [1.54, 1.807) is 6.07 Å². The summed E-state index contributed by atoms with van der Waals surface area (Å²) in [5.74, 6) is 1.30. The van der Waals surface area contributed by atoms with Crippen LogP contribution in [-0.4, -0.2) is 35.7 Å². The lowest BCUT2D eigenvalue weighted by atomic mass is 9.68. The molecule has 0 saturated carbocycles. The lowest BCUT2D eigenvalue weighted by molar-refractivity contribution is 0.0222. The molecule has 0 spiro atoms. The van der Waals surface area contributed by atoms with E-state index in [9.17, 15) is 5.11 Å². The van der Waals surface area contributed by atoms with Crippen LogP contribution in [0.5, 0.6) is 11.5 Å². The Morgan fingerprint density at radius 2 is 2.32 bits per heavy atom. The van der Waals surface area contributed by atoms with Crippen molar-refractivity contribution in [2.45, 2.75) is 44.6 Å². The van der Waals surface area contributed by atoms with Crippen molar-refractivity contribution in [3.63, 3.8) is 0 Å². The Hall–Kier alpha value is -1.22. The number of ether oxygens (including phenoxy) is 1. The quantitative estimate of drug-likeness (QED) is 0.888. The highest BCUT2D eigenvalue weighted by Crippen LogP contribution is 2.47. The molecule has 1 aromatic rings. The zero-order valence-electron chi connectivity index (χ0n) is 11.9. The summed E-state index contributed by atoms with van der Waals surface area (Å²) in [5, 5.41) is 9.79. The molecule has 0 unspecified atom stereocenters. The van der Waals surface area contributed by atoms with Gasteiger partial charge in [0.2, 0.25) is 0 Å². The van der Waals surface area contributed by atoms with Crippen LogP contribution in [-0.2, 0) is 5.41 Å². The fourth-order valence-corrected chi connectivity index (χ4v) is 3.79. The summed E-state index contributed by atoms with van der Waals surface area (Å²) in [5.41, 5.74) is 1.30. The van der Waals surface area contributed by atoms with Gasteiger partial charge in [0.25, 0.3) is 0 Å². The summed E-state index contributed by atoms with van der Waals surface area (Å²) in [6.45, 7) is 7.65. The molecule has 1 saturated heterocycles. The second-order valence-corrected chi connectivity index (χ2v) is 6.06. The molecule has 104 valence electrons. The van der Waals surface area contributed by atoms with Crippen molar-refractivity contribution in [1.29, 1.82) is 0 Å². The van der Waals surface area contributed by atoms with Crippen LogP contribution in [0.15, 0.2) is 18.2 Å². The Morgan fingerprint density at radius 1 is 1.47 bits per heavy atom. The van der Waals surface area contributed by atoms with Crippen molar-refractivity contribution in [3.05, 3.63) is 23.8 Å². The first-order chi connectivity index (χ1) is 9.15. The Bertz CT molecular complexity index is 472. The Labute approximate surface area is 115 Å². The summed E-state index contributed by atoms with van der Waals surface area (Å²) in [7, 11) is 0. The number of benzene rings is 1. The summed E-state index contributed by atoms with van der Waals surface area (Å²) in [4.78, 5) is 2.57. The molecule has 2 aliphatic heterocycles. The first-order valence-corrected chi connectivity index (χ1v) is 7.35. The SMILES string of the molecule is CCCN1CCC[C@@]2(C)c3cc(O)ccc3OC[C@H]12. The molecule has 3 heteroatoms. The molecule has 0 amide bonds. The number of piperidine rings is 1. The van der Waals surface area contributed by atoms with Crippen molar-refractivity contribution in [1.82, 2.24) is 4.90 Å². The standard InChI is InChI=1S/C16H23NO2/c1-3-8-17-9-4-7-16(2)13-10-12(18)5-6-14(13)19-11-15(16)17/h5-6,10,15,18H,3-4,7-9,11H2,1-2H3/t15-,16-/m0/s1. The van der Waals surface area contributed by atoms with Gasteiger partial charge in [-0.15, -0.1) is 0 Å². The fraction of sp³-hybridized carbons (Fsp3) is 0.625. The molecule has 3 rings (SSSR count). The van der Waals surface area contributed by atoms with Gasteiger partial charge < -0.3 is 9.84 Å². The van der Waals surface area contributed by atoms with Crippen LogP contribution < -0.4 is 4.74 Å². The molecule has 2 atom stereocenters. The summed E-state index contributed by atoms with van der Waals surface area (Å²) in [6.07, 6.45) is 3.58. The normalized spacial score (nSPS) is 30.3. The van der Waals surface area contributed by atoms with Gasteiger partial charge in [0.15, 0.2) is 0 Å². The number of hydrogen-bond donors (Lipinski definition) is 1. The molecular formula is C16H23NO2. The predicted molar refractivity (Wildman–Crippen MR) is 75.8 cm³/mol. The second kappa shape index (κ2) is 4.71. The van der Waals surface area contributed by atoms with Crippen LogP contribution >= 0.6 is 0 Å². The summed E-state index contributed by atoms with van der Waals surface area (Å²) in [6, 6.07) is 5.97. The first-order valence-electron chi connectivity index (χ1n) is 7.35. The third kappa shape index (κ3) is 2.00. The van der Waals surface area contributed by atoms with Crippen LogP contribution in [0.3, 0.4) is 0 Å². The van der Waals surface area contributed by atoms with E-state index in [1.807, 2.05) is 12.1 Å². The van der Waals surface area contributed by atoms with E-state index in [1.165, 1.54) is 31.4 Å². The fourth-order valence-electron chi connectivity index (χ4n) is 3.79. The lowest BCUT2D eigenvalue weighted by Gasteiger charge is -2.51. The number of likely N-dealkylation sites (tertiary alicyclic amines) is 1. The molecule has 2 heterocycles. The minimum Gasteiger partial charge on any atom is -0.508 e. The van der Waals surface area contributed by atoms with E-state index in [0.717, 1.165) is 18.9 Å². The highest BCUT2D eigenvalue weighted by atomic mass is 16.5. The molecule has 19 heavy (non-hydrogen) atoms. The molecule has 0 aromatic heterocycles. The first kappa shape index (κ1) is 12.8. The molecule has 0 radical (unpaired) electrons. The molecule has 3 nitrogen and oxygen atoms in total. The van der Waals surface area contributed by atoms with Gasteiger partial charge in [-0.25, -0.2) is 0 Å². The van der Waals surface area contributed by atoms with Gasteiger partial charge >= 0.3 is 0 Å². The average Bonchev–Trinajstić information content (AvgIpc) is 2.39. The topological polar surface area (TPSA) is 32.7 Å². The molecule has 0 aliphatic carbocycles. The van der Waals surface area contributed by atoms with Crippen molar-refractivity contribution < 1.29 is 9.84 Å². The molecular weight excluding hydrogens is 238 g/mol. The Morgan fingerprint density at radius 3 is 3.11 bits per heavy atom. The largest absolute Gasteiger partial charge is 0.508 e. The minimum absolute atomic E-state index is 0.111. The maximum Gasteiger partial charge on any atom is 0.123 e. The number of phenols is 1. The van der Waals surface area contributed by atoms with Crippen molar-refractivity contribution in [2.75, 3.05) is 19.7 Å². The van der Waals surface area contributed by atoms with Crippen LogP contribution in [0.25, 0.3) is 0 Å². The maximum atomic E-state index is 9.79. The Balaban J connectivity index is 2.01. The zero-order valence-corrected chi connectivity index (χ0v) is 11.9. The number of phenolic OH excluding ortho intramolecular Hbond substituents is 1. The number of hydrogen-bond acceptors (Lipinski definition) is 3. The summed E-state index contributed by atoms with van der Waals surface area (Å²) < 4.78 is 5.94. The molecule has 1 N–H and O–H groups in total. The van der Waals surface area contributed by atoms with E-state index in [0.29, 0.717) is 11.8 Å². The number of nitrogens with zero attached hydrogens (tertiary/aromatic N) is 1. The van der Waals surface area contributed by atoms with Crippen molar-refractivity contribution >= 4 is 0 Å². The highest BCUT2D eigenvalue weighted by molar-refractivity contribution is 5.47. The van der Waals surface area contributed by atoms with Gasteiger partial charge in [-0.05, 0) is 50.6 Å². The van der Waals surface area contributed by atoms with Crippen LogP contribution in [0, 0.1) is 0 Å². The zero-order chi connectivity index (χ0) is 13.5. The monoisotopic (exact) mass is 261 g/mol. The van der Waals surface area contributed by atoms with Crippen molar-refractivity contribution in [3.8, 4) is 11.5 Å².